The van der Waals surface area contributed by atoms with Crippen LogP contribution >= 0.6 is 24.8 Å². The number of carbonyl (C=O) groups is 1. The van der Waals surface area contributed by atoms with Crippen molar-refractivity contribution in [1.82, 2.24) is 9.80 Å². The first-order chi connectivity index (χ1) is 12.7. The predicted molar refractivity (Wildman–Crippen MR) is 128 cm³/mol. The first kappa shape index (κ1) is 36.1. The van der Waals surface area contributed by atoms with Gasteiger partial charge in [0.05, 0.1) is 13.2 Å². The van der Waals surface area contributed by atoms with Crippen LogP contribution in [0.3, 0.4) is 0 Å². The van der Waals surface area contributed by atoms with Gasteiger partial charge in [-0.25, -0.2) is 4.79 Å². The summed E-state index contributed by atoms with van der Waals surface area (Å²) in [4.78, 5) is 16.4. The third-order valence-corrected chi connectivity index (χ3v) is 4.97. The molecular formula is C21H48Cl2N2O4. The van der Waals surface area contributed by atoms with E-state index in [9.17, 15) is 4.79 Å². The highest BCUT2D eigenvalue weighted by atomic mass is 35.5. The Balaban J connectivity index is -0.00000104. The first-order valence-corrected chi connectivity index (χ1v) is 10.9. The van der Waals surface area contributed by atoms with E-state index in [1.54, 1.807) is 0 Å². The number of unbranched alkanes of at least 4 members (excludes halogenated alkanes) is 6. The molecule has 0 heterocycles. The molecule has 180 valence electrons. The zero-order valence-corrected chi connectivity index (χ0v) is 20.9. The largest absolute Gasteiger partial charge is 0.508 e. The molecule has 8 heteroatoms. The Morgan fingerprint density at radius 1 is 0.586 bits per heavy atom. The van der Waals surface area contributed by atoms with Gasteiger partial charge in [0.25, 0.3) is 0 Å². The molecule has 0 aliphatic carbocycles. The average molecular weight is 464 g/mol. The van der Waals surface area contributed by atoms with Crippen LogP contribution in [0.1, 0.15) is 79.1 Å². The molecule has 0 fully saturated rings. The van der Waals surface area contributed by atoms with Crippen molar-refractivity contribution in [2.45, 2.75) is 79.1 Å². The normalized spacial score (nSPS) is 10.1. The van der Waals surface area contributed by atoms with E-state index in [4.69, 9.17) is 9.47 Å². The van der Waals surface area contributed by atoms with E-state index in [-0.39, 0.29) is 30.3 Å². The Morgan fingerprint density at radius 3 is 1.21 bits per heavy atom. The van der Waals surface area contributed by atoms with E-state index in [0.717, 1.165) is 51.9 Å². The topological polar surface area (TPSA) is 73.5 Å². The van der Waals surface area contributed by atoms with E-state index in [1.807, 2.05) is 0 Å². The molecule has 0 aliphatic rings. The van der Waals surface area contributed by atoms with Gasteiger partial charge >= 0.3 is 6.16 Å². The number of hydrogen-bond acceptors (Lipinski definition) is 5. The molecule has 0 aliphatic heterocycles. The minimum atomic E-state index is -0.503. The summed E-state index contributed by atoms with van der Waals surface area (Å²) in [5, 5.41) is 0. The molecule has 0 unspecified atom stereocenters. The maximum absolute atomic E-state index is 11.5. The molecule has 0 radical (unpaired) electrons. The summed E-state index contributed by atoms with van der Waals surface area (Å²) in [6.07, 6.45) is 8.42. The molecule has 0 saturated carbocycles. The van der Waals surface area contributed by atoms with Crippen molar-refractivity contribution in [1.29, 1.82) is 0 Å². The molecule has 0 aromatic rings. The Labute approximate surface area is 192 Å². The van der Waals surface area contributed by atoms with Crippen LogP contribution in [0, 0.1) is 0 Å². The van der Waals surface area contributed by atoms with E-state index >= 15 is 0 Å². The molecule has 0 atom stereocenters. The van der Waals surface area contributed by atoms with Gasteiger partial charge in [0.2, 0.25) is 0 Å². The van der Waals surface area contributed by atoms with Crippen LogP contribution in [0.5, 0.6) is 0 Å². The Hall–Kier alpha value is -0.270. The zero-order chi connectivity index (χ0) is 19.5. The lowest BCUT2D eigenvalue weighted by Gasteiger charge is -2.17. The summed E-state index contributed by atoms with van der Waals surface area (Å²) in [6, 6.07) is 0. The SMILES string of the molecule is CCN(CC)CCCCCCOC(=O)OCCCCCCN(CC)CC.Cl.Cl.O. The standard InChI is InChI=1S/C21H44N2O3.2ClH.H2O/c1-5-22(6-2)17-13-9-11-15-19-25-21(24)26-20-16-12-10-14-18-23(7-3)8-4;;;/h5-20H2,1-4H3;2*1H;1H2. The Morgan fingerprint density at radius 2 is 0.897 bits per heavy atom. The van der Waals surface area contributed by atoms with Gasteiger partial charge in [-0.2, -0.15) is 0 Å². The zero-order valence-electron chi connectivity index (χ0n) is 19.2. The van der Waals surface area contributed by atoms with E-state index in [1.165, 1.54) is 38.8 Å². The van der Waals surface area contributed by atoms with Crippen molar-refractivity contribution in [3.05, 3.63) is 0 Å². The van der Waals surface area contributed by atoms with Crippen molar-refractivity contribution < 1.29 is 19.7 Å². The maximum Gasteiger partial charge on any atom is 0.508 e. The van der Waals surface area contributed by atoms with Crippen molar-refractivity contribution >= 4 is 31.0 Å². The summed E-state index contributed by atoms with van der Waals surface area (Å²) in [5.74, 6) is 0. The summed E-state index contributed by atoms with van der Waals surface area (Å²) in [6.45, 7) is 16.6. The highest BCUT2D eigenvalue weighted by Gasteiger charge is 2.04. The Bertz CT molecular complexity index is 291. The summed E-state index contributed by atoms with van der Waals surface area (Å²) in [5.41, 5.74) is 0. The van der Waals surface area contributed by atoms with Crippen LogP contribution in [0.4, 0.5) is 4.79 Å². The molecule has 0 spiro atoms. The molecule has 0 amide bonds. The second kappa shape index (κ2) is 27.7. The van der Waals surface area contributed by atoms with Gasteiger partial charge < -0.3 is 24.7 Å². The minimum Gasteiger partial charge on any atom is -0.434 e. The van der Waals surface area contributed by atoms with Gasteiger partial charge in [-0.05, 0) is 65.0 Å². The molecule has 0 aromatic heterocycles. The third-order valence-electron chi connectivity index (χ3n) is 4.97. The monoisotopic (exact) mass is 462 g/mol. The summed E-state index contributed by atoms with van der Waals surface area (Å²) < 4.78 is 10.2. The van der Waals surface area contributed by atoms with Crippen LogP contribution in [-0.4, -0.2) is 73.9 Å². The van der Waals surface area contributed by atoms with E-state index in [2.05, 4.69) is 37.5 Å². The number of carbonyl (C=O) groups excluding carboxylic acids is 1. The lowest BCUT2D eigenvalue weighted by Crippen LogP contribution is -2.23. The van der Waals surface area contributed by atoms with Crippen LogP contribution < -0.4 is 0 Å². The molecule has 0 rings (SSSR count). The molecular weight excluding hydrogens is 415 g/mol. The fraction of sp³-hybridized carbons (Fsp3) is 0.952. The number of halogens is 2. The smallest absolute Gasteiger partial charge is 0.434 e. The summed E-state index contributed by atoms with van der Waals surface area (Å²) in [7, 11) is 0. The van der Waals surface area contributed by atoms with Crippen molar-refractivity contribution in [2.75, 3.05) is 52.5 Å². The van der Waals surface area contributed by atoms with Crippen molar-refractivity contribution in [3.8, 4) is 0 Å². The van der Waals surface area contributed by atoms with Crippen LogP contribution in [0.25, 0.3) is 0 Å². The van der Waals surface area contributed by atoms with Crippen LogP contribution in [0.15, 0.2) is 0 Å². The number of rotatable bonds is 18. The van der Waals surface area contributed by atoms with Crippen LogP contribution in [-0.2, 0) is 9.47 Å². The van der Waals surface area contributed by atoms with Crippen LogP contribution in [0.2, 0.25) is 0 Å². The first-order valence-electron chi connectivity index (χ1n) is 10.9. The van der Waals surface area contributed by atoms with Crippen molar-refractivity contribution in [2.24, 2.45) is 0 Å². The Kier molecular flexibility index (Phi) is 34.5. The van der Waals surface area contributed by atoms with E-state index < -0.39 is 6.16 Å². The fourth-order valence-electron chi connectivity index (χ4n) is 3.01. The molecule has 2 N–H and O–H groups in total. The number of hydrogen-bond donors (Lipinski definition) is 0. The highest BCUT2D eigenvalue weighted by molar-refractivity contribution is 5.85. The van der Waals surface area contributed by atoms with Gasteiger partial charge in [-0.1, -0.05) is 53.4 Å². The number of ether oxygens (including phenoxy) is 2. The van der Waals surface area contributed by atoms with Gasteiger partial charge in [-0.15, -0.1) is 24.8 Å². The second-order valence-electron chi connectivity index (χ2n) is 6.83. The molecule has 0 bridgehead atoms. The van der Waals surface area contributed by atoms with Gasteiger partial charge in [0.15, 0.2) is 0 Å². The highest BCUT2D eigenvalue weighted by Crippen LogP contribution is 2.04. The third kappa shape index (κ3) is 23.9. The lowest BCUT2D eigenvalue weighted by atomic mass is 10.2. The molecule has 29 heavy (non-hydrogen) atoms. The molecule has 0 aromatic carbocycles. The average Bonchev–Trinajstić information content (AvgIpc) is 2.66. The van der Waals surface area contributed by atoms with Crippen molar-refractivity contribution in [3.63, 3.8) is 0 Å². The molecule has 0 saturated heterocycles. The quantitative estimate of drug-likeness (QED) is 0.212. The minimum absolute atomic E-state index is 0. The predicted octanol–water partition coefficient (Wildman–Crippen LogP) is 4.96. The van der Waals surface area contributed by atoms with Gasteiger partial charge in [0.1, 0.15) is 0 Å². The number of nitrogens with zero attached hydrogens (tertiary/aromatic N) is 2. The maximum atomic E-state index is 11.5. The second-order valence-corrected chi connectivity index (χ2v) is 6.83. The van der Waals surface area contributed by atoms with E-state index in [0.29, 0.717) is 13.2 Å². The lowest BCUT2D eigenvalue weighted by molar-refractivity contribution is 0.0528. The molecule has 6 nitrogen and oxygen atoms in total. The fourth-order valence-corrected chi connectivity index (χ4v) is 3.01. The van der Waals surface area contributed by atoms with Gasteiger partial charge in [0, 0.05) is 0 Å². The van der Waals surface area contributed by atoms with Gasteiger partial charge in [-0.3, -0.25) is 0 Å². The summed E-state index contributed by atoms with van der Waals surface area (Å²) >= 11 is 0.